The molecule has 0 bridgehead atoms. The quantitative estimate of drug-likeness (QED) is 0.259. The van der Waals surface area contributed by atoms with Gasteiger partial charge in [0.15, 0.2) is 5.65 Å². The van der Waals surface area contributed by atoms with E-state index < -0.39 is 11.8 Å². The van der Waals surface area contributed by atoms with Crippen LogP contribution in [0.4, 0.5) is 21.7 Å². The van der Waals surface area contributed by atoms with Gasteiger partial charge in [0, 0.05) is 23.0 Å². The first-order valence-corrected chi connectivity index (χ1v) is 12.1. The summed E-state index contributed by atoms with van der Waals surface area (Å²) in [7, 11) is 1.50. The second kappa shape index (κ2) is 10.6. The van der Waals surface area contributed by atoms with E-state index in [1.165, 1.54) is 19.2 Å². The number of pyridine rings is 1. The molecule has 2 amide bonds. The fourth-order valence-electron chi connectivity index (χ4n) is 4.07. The van der Waals surface area contributed by atoms with Crippen LogP contribution in [-0.2, 0) is 4.79 Å². The molecular weight excluding hydrogens is 499 g/mol. The van der Waals surface area contributed by atoms with Crippen molar-refractivity contribution in [1.29, 1.82) is 0 Å². The van der Waals surface area contributed by atoms with Crippen molar-refractivity contribution in [3.63, 3.8) is 0 Å². The standard InChI is InChI=1S/C29H25FN6O3/c1-17(18-3-9-22(30)10-4-18)28(38)32-23-11-5-19(6-12-23)21-8-14-26-34-29(35-36(26)16-21)33-24-13-7-20(27(31)37)15-25(24)39-2/h3-17H,1-2H3,(H2,31,37)(H,32,38)(H,33,35). The number of aromatic nitrogens is 3. The summed E-state index contributed by atoms with van der Waals surface area (Å²) >= 11 is 0. The fourth-order valence-corrected chi connectivity index (χ4v) is 4.07. The third-order valence-corrected chi connectivity index (χ3v) is 6.31. The van der Waals surface area contributed by atoms with Gasteiger partial charge in [-0.3, -0.25) is 9.59 Å². The van der Waals surface area contributed by atoms with Crippen LogP contribution in [-0.4, -0.2) is 33.5 Å². The van der Waals surface area contributed by atoms with Crippen LogP contribution in [0.1, 0.15) is 28.8 Å². The molecule has 2 aromatic heterocycles. The summed E-state index contributed by atoms with van der Waals surface area (Å²) in [6.07, 6.45) is 1.85. The molecule has 196 valence electrons. The van der Waals surface area contributed by atoms with Gasteiger partial charge in [-0.2, -0.15) is 4.98 Å². The number of halogens is 1. The molecule has 4 N–H and O–H groups in total. The van der Waals surface area contributed by atoms with Crippen molar-refractivity contribution in [3.05, 3.63) is 102 Å². The number of amides is 2. The predicted octanol–water partition coefficient (Wildman–Crippen LogP) is 5.13. The number of nitrogens with two attached hydrogens (primary N) is 1. The van der Waals surface area contributed by atoms with Crippen LogP contribution in [0.3, 0.4) is 0 Å². The van der Waals surface area contributed by atoms with E-state index in [2.05, 4.69) is 20.7 Å². The van der Waals surface area contributed by atoms with E-state index in [9.17, 15) is 14.0 Å². The number of hydrogen-bond acceptors (Lipinski definition) is 6. The highest BCUT2D eigenvalue weighted by Crippen LogP contribution is 2.28. The van der Waals surface area contributed by atoms with Gasteiger partial charge in [-0.25, -0.2) is 8.91 Å². The van der Waals surface area contributed by atoms with E-state index in [1.54, 1.807) is 41.8 Å². The van der Waals surface area contributed by atoms with E-state index in [0.29, 0.717) is 34.3 Å². The Kier molecular flexibility index (Phi) is 6.92. The van der Waals surface area contributed by atoms with Gasteiger partial charge in [0.2, 0.25) is 17.8 Å². The summed E-state index contributed by atoms with van der Waals surface area (Å²) < 4.78 is 20.2. The second-order valence-electron chi connectivity index (χ2n) is 8.90. The number of nitrogens with zero attached hydrogens (tertiary/aromatic N) is 3. The summed E-state index contributed by atoms with van der Waals surface area (Å²) in [6.45, 7) is 1.78. The highest BCUT2D eigenvalue weighted by molar-refractivity contribution is 5.96. The van der Waals surface area contributed by atoms with E-state index in [4.69, 9.17) is 10.5 Å². The molecule has 0 saturated carbocycles. The van der Waals surface area contributed by atoms with Gasteiger partial charge in [0.25, 0.3) is 0 Å². The minimum Gasteiger partial charge on any atom is -0.495 e. The molecule has 0 fully saturated rings. The van der Waals surface area contributed by atoms with E-state index in [1.807, 2.05) is 42.6 Å². The Balaban J connectivity index is 1.30. The topological polar surface area (TPSA) is 124 Å². The maximum absolute atomic E-state index is 13.2. The number of primary amides is 1. The van der Waals surface area contributed by atoms with Gasteiger partial charge in [-0.1, -0.05) is 24.3 Å². The number of rotatable bonds is 8. The maximum atomic E-state index is 13.2. The van der Waals surface area contributed by atoms with Crippen molar-refractivity contribution in [2.24, 2.45) is 5.73 Å². The molecule has 3 aromatic carbocycles. The Morgan fingerprint density at radius 2 is 1.69 bits per heavy atom. The summed E-state index contributed by atoms with van der Waals surface area (Å²) in [6, 6.07) is 22.0. The van der Waals surface area contributed by atoms with Crippen LogP contribution in [0, 0.1) is 5.82 Å². The lowest BCUT2D eigenvalue weighted by Gasteiger charge is -2.13. The molecule has 0 radical (unpaired) electrons. The highest BCUT2D eigenvalue weighted by atomic mass is 19.1. The molecule has 1 unspecified atom stereocenters. The number of fused-ring (bicyclic) bond motifs is 1. The summed E-state index contributed by atoms with van der Waals surface area (Å²) in [5.74, 6) is -0.706. The smallest absolute Gasteiger partial charge is 0.248 e. The third kappa shape index (κ3) is 5.54. The molecule has 0 aliphatic carbocycles. The summed E-state index contributed by atoms with van der Waals surface area (Å²) in [5.41, 5.74) is 10.1. The number of carbonyl (C=O) groups is 2. The molecule has 0 spiro atoms. The number of benzene rings is 3. The molecular formula is C29H25FN6O3. The average Bonchev–Trinajstić information content (AvgIpc) is 3.35. The summed E-state index contributed by atoms with van der Waals surface area (Å²) in [4.78, 5) is 28.6. The molecule has 39 heavy (non-hydrogen) atoms. The van der Waals surface area contributed by atoms with Crippen LogP contribution in [0.15, 0.2) is 85.1 Å². The Morgan fingerprint density at radius 3 is 2.38 bits per heavy atom. The predicted molar refractivity (Wildman–Crippen MR) is 147 cm³/mol. The van der Waals surface area contributed by atoms with Crippen molar-refractivity contribution in [2.45, 2.75) is 12.8 Å². The number of anilines is 3. The maximum Gasteiger partial charge on any atom is 0.248 e. The Hall–Kier alpha value is -5.25. The number of carbonyl (C=O) groups excluding carboxylic acids is 2. The average molecular weight is 525 g/mol. The number of methoxy groups -OCH3 is 1. The Morgan fingerprint density at radius 1 is 0.974 bits per heavy atom. The van der Waals surface area contributed by atoms with E-state index in [-0.39, 0.29) is 11.7 Å². The first-order chi connectivity index (χ1) is 18.8. The normalized spacial score (nSPS) is 11.7. The van der Waals surface area contributed by atoms with Gasteiger partial charge >= 0.3 is 0 Å². The lowest BCUT2D eigenvalue weighted by atomic mass is 10.00. The van der Waals surface area contributed by atoms with Gasteiger partial charge in [0.1, 0.15) is 11.6 Å². The highest BCUT2D eigenvalue weighted by Gasteiger charge is 2.16. The molecule has 0 aliphatic rings. The molecule has 2 heterocycles. The van der Waals surface area contributed by atoms with E-state index >= 15 is 0 Å². The van der Waals surface area contributed by atoms with Crippen molar-refractivity contribution in [3.8, 4) is 16.9 Å². The van der Waals surface area contributed by atoms with Crippen LogP contribution in [0.2, 0.25) is 0 Å². The summed E-state index contributed by atoms with van der Waals surface area (Å²) in [5, 5.41) is 10.5. The SMILES string of the molecule is COc1cc(C(N)=O)ccc1Nc1nc2ccc(-c3ccc(NC(=O)C(C)c4ccc(F)cc4)cc3)cn2n1. The molecule has 10 heteroatoms. The van der Waals surface area contributed by atoms with Gasteiger partial charge in [0.05, 0.1) is 18.7 Å². The van der Waals surface area contributed by atoms with Crippen molar-refractivity contribution >= 4 is 34.8 Å². The van der Waals surface area contributed by atoms with Crippen LogP contribution < -0.4 is 21.1 Å². The van der Waals surface area contributed by atoms with Crippen LogP contribution in [0.5, 0.6) is 5.75 Å². The molecule has 1 atom stereocenters. The first-order valence-electron chi connectivity index (χ1n) is 12.1. The minimum absolute atomic E-state index is 0.181. The monoisotopic (exact) mass is 524 g/mol. The molecule has 0 saturated heterocycles. The van der Waals surface area contributed by atoms with Gasteiger partial charge in [-0.05, 0) is 72.6 Å². The van der Waals surface area contributed by atoms with Crippen molar-refractivity contribution in [2.75, 3.05) is 17.7 Å². The number of hydrogen-bond donors (Lipinski definition) is 3. The Bertz CT molecular complexity index is 1670. The second-order valence-corrected chi connectivity index (χ2v) is 8.90. The zero-order valence-corrected chi connectivity index (χ0v) is 21.2. The minimum atomic E-state index is -0.548. The first kappa shape index (κ1) is 25.4. The van der Waals surface area contributed by atoms with Gasteiger partial charge < -0.3 is 21.1 Å². The number of nitrogens with one attached hydrogen (secondary N) is 2. The molecule has 9 nitrogen and oxygen atoms in total. The van der Waals surface area contributed by atoms with Crippen molar-refractivity contribution in [1.82, 2.24) is 14.6 Å². The molecule has 5 rings (SSSR count). The third-order valence-electron chi connectivity index (χ3n) is 6.31. The molecule has 0 aliphatic heterocycles. The zero-order chi connectivity index (χ0) is 27.5. The number of ether oxygens (including phenoxy) is 1. The Labute approximate surface area is 223 Å². The fraction of sp³-hybridized carbons (Fsp3) is 0.103. The lowest BCUT2D eigenvalue weighted by Crippen LogP contribution is -2.18. The largest absolute Gasteiger partial charge is 0.495 e. The van der Waals surface area contributed by atoms with Crippen molar-refractivity contribution < 1.29 is 18.7 Å². The van der Waals surface area contributed by atoms with E-state index in [0.717, 1.165) is 16.7 Å². The zero-order valence-electron chi connectivity index (χ0n) is 21.2. The van der Waals surface area contributed by atoms with Gasteiger partial charge in [-0.15, -0.1) is 5.10 Å². The molecule has 5 aromatic rings. The van der Waals surface area contributed by atoms with Crippen LogP contribution in [0.25, 0.3) is 16.8 Å². The van der Waals surface area contributed by atoms with Crippen LogP contribution >= 0.6 is 0 Å². The lowest BCUT2D eigenvalue weighted by molar-refractivity contribution is -0.117.